The summed E-state index contributed by atoms with van der Waals surface area (Å²) in [6, 6.07) is 3.29. The summed E-state index contributed by atoms with van der Waals surface area (Å²) in [4.78, 5) is 0.888. The predicted molar refractivity (Wildman–Crippen MR) is 58.1 cm³/mol. The summed E-state index contributed by atoms with van der Waals surface area (Å²) in [5.41, 5.74) is 0.154. The van der Waals surface area contributed by atoms with Gasteiger partial charge in [-0.2, -0.15) is 0 Å². The van der Waals surface area contributed by atoms with Gasteiger partial charge in [0.1, 0.15) is 0 Å². The van der Waals surface area contributed by atoms with Crippen molar-refractivity contribution in [1.29, 1.82) is 0 Å². The van der Waals surface area contributed by atoms with Crippen LogP contribution in [0.2, 0.25) is 10.0 Å². The molecule has 1 aromatic carbocycles. The van der Waals surface area contributed by atoms with Crippen LogP contribution in [-0.2, 0) is 0 Å². The molecule has 0 aliphatic carbocycles. The van der Waals surface area contributed by atoms with Crippen molar-refractivity contribution in [3.8, 4) is 0 Å². The molecule has 70 valence electrons. The van der Waals surface area contributed by atoms with E-state index in [4.69, 9.17) is 33.2 Å². The topological polar surface area (TPSA) is 40.5 Å². The van der Waals surface area contributed by atoms with E-state index in [9.17, 15) is 0 Å². The van der Waals surface area contributed by atoms with Crippen LogP contribution in [0.1, 0.15) is 0 Å². The molecule has 0 aliphatic heterocycles. The largest absolute Gasteiger partial charge is 0.491 e. The number of thioether (sulfide) groups is 1. The fourth-order valence-electron chi connectivity index (χ4n) is 0.926. The van der Waals surface area contributed by atoms with Gasteiger partial charge in [-0.05, 0) is 18.4 Å². The predicted octanol–water partition coefficient (Wildman–Crippen LogP) is 1.40. The number of hydrogen-bond acceptors (Lipinski definition) is 3. The second-order valence-electron chi connectivity index (χ2n) is 2.38. The van der Waals surface area contributed by atoms with Crippen molar-refractivity contribution >= 4 is 47.5 Å². The summed E-state index contributed by atoms with van der Waals surface area (Å²) in [5.74, 6) is 0. The Hall–Kier alpha value is 0.135. The molecular formula is C7H7BCl2O2S. The van der Waals surface area contributed by atoms with Crippen molar-refractivity contribution in [3.63, 3.8) is 0 Å². The molecule has 2 N–H and O–H groups in total. The minimum atomic E-state index is -1.63. The Kier molecular flexibility index (Phi) is 3.95. The second kappa shape index (κ2) is 4.57. The van der Waals surface area contributed by atoms with Crippen molar-refractivity contribution in [3.05, 3.63) is 22.2 Å². The van der Waals surface area contributed by atoms with E-state index in [-0.39, 0.29) is 15.5 Å². The molecule has 0 saturated heterocycles. The molecule has 2 nitrogen and oxygen atoms in total. The number of rotatable bonds is 2. The lowest BCUT2D eigenvalue weighted by Crippen LogP contribution is -2.31. The van der Waals surface area contributed by atoms with Gasteiger partial charge in [-0.3, -0.25) is 0 Å². The van der Waals surface area contributed by atoms with Crippen molar-refractivity contribution in [2.45, 2.75) is 4.90 Å². The Labute approximate surface area is 91.0 Å². The molecule has 1 aromatic rings. The zero-order valence-electron chi connectivity index (χ0n) is 6.79. The highest BCUT2D eigenvalue weighted by atomic mass is 35.5. The van der Waals surface area contributed by atoms with Gasteiger partial charge in [0, 0.05) is 20.4 Å². The first-order valence-electron chi connectivity index (χ1n) is 3.45. The summed E-state index contributed by atoms with van der Waals surface area (Å²) in [6.07, 6.45) is 1.89. The van der Waals surface area contributed by atoms with Gasteiger partial charge in [-0.1, -0.05) is 23.2 Å². The van der Waals surface area contributed by atoms with Gasteiger partial charge >= 0.3 is 7.12 Å². The van der Waals surface area contributed by atoms with Crippen molar-refractivity contribution < 1.29 is 10.0 Å². The third-order valence-electron chi connectivity index (χ3n) is 1.55. The summed E-state index contributed by atoms with van der Waals surface area (Å²) in [7, 11) is -1.63. The number of benzene rings is 1. The molecule has 13 heavy (non-hydrogen) atoms. The molecule has 0 saturated carbocycles. The van der Waals surface area contributed by atoms with Crippen LogP contribution in [-0.4, -0.2) is 23.4 Å². The summed E-state index contributed by atoms with van der Waals surface area (Å²) in [5, 5.41) is 18.4. The van der Waals surface area contributed by atoms with E-state index >= 15 is 0 Å². The lowest BCUT2D eigenvalue weighted by atomic mass is 9.80. The number of hydrogen-bond donors (Lipinski definition) is 2. The van der Waals surface area contributed by atoms with E-state index < -0.39 is 7.12 Å². The Balaban J connectivity index is 3.23. The van der Waals surface area contributed by atoms with Gasteiger partial charge in [0.2, 0.25) is 0 Å². The average Bonchev–Trinajstić information content (AvgIpc) is 2.02. The maximum Gasteiger partial charge on any atom is 0.491 e. The Morgan fingerprint density at radius 3 is 2.00 bits per heavy atom. The zero-order chi connectivity index (χ0) is 10.0. The highest BCUT2D eigenvalue weighted by Crippen LogP contribution is 2.23. The molecule has 0 heterocycles. The quantitative estimate of drug-likeness (QED) is 0.603. The minimum absolute atomic E-state index is 0.154. The monoisotopic (exact) mass is 236 g/mol. The smallest absolute Gasteiger partial charge is 0.423 e. The molecule has 6 heteroatoms. The highest BCUT2D eigenvalue weighted by Gasteiger charge is 2.19. The van der Waals surface area contributed by atoms with Gasteiger partial charge in [0.05, 0.1) is 0 Å². The molecule has 0 unspecified atom stereocenters. The first-order chi connectivity index (χ1) is 6.06. The van der Waals surface area contributed by atoms with Gasteiger partial charge in [-0.25, -0.2) is 0 Å². The molecule has 0 aromatic heterocycles. The van der Waals surface area contributed by atoms with Crippen molar-refractivity contribution in [2.75, 3.05) is 6.26 Å². The minimum Gasteiger partial charge on any atom is -0.423 e. The van der Waals surface area contributed by atoms with E-state index in [0.717, 1.165) is 4.90 Å². The summed E-state index contributed by atoms with van der Waals surface area (Å²) in [6.45, 7) is 0. The van der Waals surface area contributed by atoms with Gasteiger partial charge in [0.25, 0.3) is 0 Å². The third-order valence-corrected chi connectivity index (χ3v) is 2.88. The number of halogens is 2. The van der Waals surface area contributed by atoms with Crippen LogP contribution < -0.4 is 5.46 Å². The lowest BCUT2D eigenvalue weighted by molar-refractivity contribution is 0.426. The molecule has 0 bridgehead atoms. The summed E-state index contributed by atoms with van der Waals surface area (Å²) >= 11 is 13.1. The van der Waals surface area contributed by atoms with Crippen LogP contribution >= 0.6 is 35.0 Å². The second-order valence-corrected chi connectivity index (χ2v) is 4.07. The van der Waals surface area contributed by atoms with Crippen LogP contribution in [0.3, 0.4) is 0 Å². The van der Waals surface area contributed by atoms with Crippen molar-refractivity contribution in [2.24, 2.45) is 0 Å². The molecule has 0 aliphatic rings. The summed E-state index contributed by atoms with van der Waals surface area (Å²) < 4.78 is 0. The SMILES string of the molecule is CSc1cc(Cl)c(B(O)O)c(Cl)c1. The van der Waals surface area contributed by atoms with E-state index in [2.05, 4.69) is 0 Å². The van der Waals surface area contributed by atoms with Crippen molar-refractivity contribution in [1.82, 2.24) is 0 Å². The molecule has 0 fully saturated rings. The maximum absolute atomic E-state index is 8.93. The molecule has 1 rings (SSSR count). The zero-order valence-corrected chi connectivity index (χ0v) is 9.12. The van der Waals surface area contributed by atoms with Crippen LogP contribution in [0.15, 0.2) is 17.0 Å². The Morgan fingerprint density at radius 2 is 1.69 bits per heavy atom. The standard InChI is InChI=1S/C7H7BCl2O2S/c1-13-4-2-5(9)7(8(11)12)6(10)3-4/h2-3,11-12H,1H3. The Morgan fingerprint density at radius 1 is 1.23 bits per heavy atom. The van der Waals surface area contributed by atoms with E-state index in [1.54, 1.807) is 12.1 Å². The lowest BCUT2D eigenvalue weighted by Gasteiger charge is -2.07. The third kappa shape index (κ3) is 2.54. The first-order valence-corrected chi connectivity index (χ1v) is 5.43. The Bertz CT molecular complexity index is 296. The van der Waals surface area contributed by atoms with Crippen LogP contribution in [0.5, 0.6) is 0 Å². The van der Waals surface area contributed by atoms with Crippen LogP contribution in [0.4, 0.5) is 0 Å². The molecular weight excluding hydrogens is 230 g/mol. The van der Waals surface area contributed by atoms with Gasteiger partial charge in [0.15, 0.2) is 0 Å². The molecule has 0 spiro atoms. The molecule has 0 atom stereocenters. The van der Waals surface area contributed by atoms with E-state index in [1.807, 2.05) is 6.26 Å². The fraction of sp³-hybridized carbons (Fsp3) is 0.143. The van der Waals surface area contributed by atoms with E-state index in [0.29, 0.717) is 0 Å². The molecule has 0 radical (unpaired) electrons. The van der Waals surface area contributed by atoms with Crippen LogP contribution in [0, 0.1) is 0 Å². The van der Waals surface area contributed by atoms with Gasteiger partial charge < -0.3 is 10.0 Å². The normalized spacial score (nSPS) is 10.2. The molecule has 0 amide bonds. The first kappa shape index (κ1) is 11.2. The van der Waals surface area contributed by atoms with Crippen LogP contribution in [0.25, 0.3) is 0 Å². The van der Waals surface area contributed by atoms with Gasteiger partial charge in [-0.15, -0.1) is 11.8 Å². The maximum atomic E-state index is 8.93. The fourth-order valence-corrected chi connectivity index (χ4v) is 2.21. The van der Waals surface area contributed by atoms with E-state index in [1.165, 1.54) is 11.8 Å². The highest BCUT2D eigenvalue weighted by molar-refractivity contribution is 7.98. The average molecular weight is 237 g/mol.